The number of benzene rings is 2. The number of esters is 1. The minimum absolute atomic E-state index is 0.00268. The average Bonchev–Trinajstić information content (AvgIpc) is 2.65. The molecule has 0 aliphatic rings. The quantitative estimate of drug-likeness (QED) is 0.420. The third kappa shape index (κ3) is 5.68. The van der Waals surface area contributed by atoms with Crippen LogP contribution in [-0.2, 0) is 16.1 Å². The molecule has 1 amide bonds. The lowest BCUT2D eigenvalue weighted by Gasteiger charge is -2.11. The van der Waals surface area contributed by atoms with Crippen molar-refractivity contribution >= 4 is 29.2 Å². The molecule has 0 unspecified atom stereocenters. The smallest absolute Gasteiger partial charge is 0.325 e. The molecule has 0 saturated heterocycles. The topological polar surface area (TPSA) is 108 Å². The molecular weight excluding hydrogens is 376 g/mol. The van der Waals surface area contributed by atoms with Crippen LogP contribution in [0.15, 0.2) is 42.5 Å². The second-order valence-electron chi connectivity index (χ2n) is 5.31. The third-order valence-electron chi connectivity index (χ3n) is 3.46. The molecule has 0 spiro atoms. The molecule has 0 radical (unpaired) electrons. The summed E-state index contributed by atoms with van der Waals surface area (Å²) in [5, 5.41) is 13.1. The summed E-state index contributed by atoms with van der Waals surface area (Å²) in [7, 11) is 0. The maximum absolute atomic E-state index is 12.0. The van der Waals surface area contributed by atoms with Crippen molar-refractivity contribution in [2.45, 2.75) is 13.5 Å². The van der Waals surface area contributed by atoms with Crippen molar-refractivity contribution in [3.63, 3.8) is 0 Å². The average molecular weight is 393 g/mol. The summed E-state index contributed by atoms with van der Waals surface area (Å²) >= 11 is 5.70. The Hall–Kier alpha value is -3.13. The van der Waals surface area contributed by atoms with Gasteiger partial charge in [0.15, 0.2) is 0 Å². The van der Waals surface area contributed by atoms with Gasteiger partial charge in [-0.2, -0.15) is 0 Å². The fourth-order valence-electron chi connectivity index (χ4n) is 2.18. The van der Waals surface area contributed by atoms with E-state index >= 15 is 0 Å². The van der Waals surface area contributed by atoms with Gasteiger partial charge in [0.2, 0.25) is 0 Å². The first kappa shape index (κ1) is 20.2. The number of nitro benzene ring substituents is 1. The fraction of sp³-hybridized carbons (Fsp3) is 0.222. The van der Waals surface area contributed by atoms with E-state index in [9.17, 15) is 19.7 Å². The van der Waals surface area contributed by atoms with Gasteiger partial charge in [0.05, 0.1) is 11.5 Å². The minimum Gasteiger partial charge on any atom is -0.493 e. The van der Waals surface area contributed by atoms with E-state index in [2.05, 4.69) is 5.32 Å². The summed E-state index contributed by atoms with van der Waals surface area (Å²) in [6.07, 6.45) is 0. The zero-order chi connectivity index (χ0) is 19.8. The van der Waals surface area contributed by atoms with Gasteiger partial charge in [-0.05, 0) is 25.1 Å². The van der Waals surface area contributed by atoms with Crippen molar-refractivity contribution in [3.8, 4) is 5.75 Å². The first-order valence-corrected chi connectivity index (χ1v) is 8.38. The molecule has 9 heteroatoms. The van der Waals surface area contributed by atoms with Crippen LogP contribution in [0.4, 0.5) is 5.69 Å². The maximum Gasteiger partial charge on any atom is 0.325 e. The lowest BCUT2D eigenvalue weighted by atomic mass is 10.2. The Labute approximate surface area is 160 Å². The summed E-state index contributed by atoms with van der Waals surface area (Å²) < 4.78 is 10.6. The molecule has 1 N–H and O–H groups in total. The number of amides is 1. The van der Waals surface area contributed by atoms with E-state index in [-0.39, 0.29) is 29.4 Å². The number of para-hydroxylation sites is 1. The predicted molar refractivity (Wildman–Crippen MR) is 97.8 cm³/mol. The van der Waals surface area contributed by atoms with E-state index in [0.29, 0.717) is 17.9 Å². The number of nitro groups is 1. The highest BCUT2D eigenvalue weighted by Gasteiger charge is 2.17. The number of ether oxygens (including phenoxy) is 2. The highest BCUT2D eigenvalue weighted by molar-refractivity contribution is 6.32. The van der Waals surface area contributed by atoms with Gasteiger partial charge >= 0.3 is 5.97 Å². The highest BCUT2D eigenvalue weighted by atomic mass is 35.5. The molecule has 8 nitrogen and oxygen atoms in total. The number of rotatable bonds is 8. The Bertz CT molecular complexity index is 855. The number of nitrogens with one attached hydrogen (secondary N) is 1. The predicted octanol–water partition coefficient (Wildman–Crippen LogP) is 3.12. The molecule has 0 aliphatic carbocycles. The Balaban J connectivity index is 1.90. The van der Waals surface area contributed by atoms with Crippen molar-refractivity contribution in [2.75, 3.05) is 13.2 Å². The molecule has 0 aliphatic heterocycles. The van der Waals surface area contributed by atoms with E-state index in [4.69, 9.17) is 21.1 Å². The molecule has 0 fully saturated rings. The molecule has 142 valence electrons. The van der Waals surface area contributed by atoms with Gasteiger partial charge in [0.25, 0.3) is 11.6 Å². The summed E-state index contributed by atoms with van der Waals surface area (Å²) in [6.45, 7) is 1.94. The Kier molecular flexibility index (Phi) is 7.13. The second kappa shape index (κ2) is 9.54. The largest absolute Gasteiger partial charge is 0.493 e. The highest BCUT2D eigenvalue weighted by Crippen LogP contribution is 2.25. The lowest BCUT2D eigenvalue weighted by Crippen LogP contribution is -2.30. The molecule has 0 aromatic heterocycles. The van der Waals surface area contributed by atoms with Crippen LogP contribution in [0.1, 0.15) is 22.8 Å². The molecule has 2 aromatic carbocycles. The van der Waals surface area contributed by atoms with E-state index in [0.717, 1.165) is 6.07 Å². The zero-order valence-electron chi connectivity index (χ0n) is 14.4. The normalized spacial score (nSPS) is 10.1. The summed E-state index contributed by atoms with van der Waals surface area (Å²) in [4.78, 5) is 34.1. The Morgan fingerprint density at radius 3 is 2.67 bits per heavy atom. The molecule has 2 rings (SSSR count). The first-order chi connectivity index (χ1) is 12.9. The molecular formula is C18H17ClN2O6. The van der Waals surface area contributed by atoms with Crippen molar-refractivity contribution in [2.24, 2.45) is 0 Å². The van der Waals surface area contributed by atoms with Crippen LogP contribution >= 0.6 is 11.6 Å². The molecule has 0 atom stereocenters. The fourth-order valence-corrected chi connectivity index (χ4v) is 2.36. The van der Waals surface area contributed by atoms with E-state index in [1.165, 1.54) is 12.1 Å². The van der Waals surface area contributed by atoms with Crippen LogP contribution in [0.25, 0.3) is 0 Å². The summed E-state index contributed by atoms with van der Waals surface area (Å²) in [5.74, 6) is -0.690. The van der Waals surface area contributed by atoms with Gasteiger partial charge in [-0.3, -0.25) is 19.7 Å². The number of carbonyl (C=O) groups is 2. The number of hydrogen-bond acceptors (Lipinski definition) is 6. The zero-order valence-corrected chi connectivity index (χ0v) is 15.2. The van der Waals surface area contributed by atoms with Crippen LogP contribution in [0.5, 0.6) is 5.75 Å². The minimum atomic E-state index is -0.691. The third-order valence-corrected chi connectivity index (χ3v) is 3.78. The van der Waals surface area contributed by atoms with Gasteiger partial charge in [-0.15, -0.1) is 0 Å². The number of halogens is 1. The number of hydrogen-bond donors (Lipinski definition) is 1. The first-order valence-electron chi connectivity index (χ1n) is 8.00. The van der Waals surface area contributed by atoms with Gasteiger partial charge in [-0.25, -0.2) is 0 Å². The number of nitrogens with zero attached hydrogens (tertiary/aromatic N) is 1. The molecule has 0 saturated carbocycles. The Morgan fingerprint density at radius 2 is 1.96 bits per heavy atom. The van der Waals surface area contributed by atoms with Crippen molar-refractivity contribution in [1.29, 1.82) is 0 Å². The molecule has 2 aromatic rings. The molecule has 0 bridgehead atoms. The summed E-state index contributed by atoms with van der Waals surface area (Å²) in [5.41, 5.74) is 0.326. The number of carbonyl (C=O) groups excluding carboxylic acids is 2. The van der Waals surface area contributed by atoms with Gasteiger partial charge in [-0.1, -0.05) is 29.8 Å². The van der Waals surface area contributed by atoms with E-state index in [1.807, 2.05) is 13.0 Å². The van der Waals surface area contributed by atoms with E-state index in [1.54, 1.807) is 18.2 Å². The van der Waals surface area contributed by atoms with Crippen molar-refractivity contribution in [1.82, 2.24) is 5.32 Å². The molecule has 0 heterocycles. The summed E-state index contributed by atoms with van der Waals surface area (Å²) in [6, 6.07) is 10.8. The monoisotopic (exact) mass is 392 g/mol. The van der Waals surface area contributed by atoms with Crippen LogP contribution < -0.4 is 10.1 Å². The van der Waals surface area contributed by atoms with Crippen LogP contribution in [0.3, 0.4) is 0 Å². The van der Waals surface area contributed by atoms with Gasteiger partial charge in [0, 0.05) is 17.2 Å². The van der Waals surface area contributed by atoms with Crippen molar-refractivity contribution < 1.29 is 24.0 Å². The van der Waals surface area contributed by atoms with Gasteiger partial charge in [0.1, 0.15) is 23.9 Å². The van der Waals surface area contributed by atoms with Crippen molar-refractivity contribution in [3.05, 3.63) is 68.7 Å². The molecule has 27 heavy (non-hydrogen) atoms. The maximum atomic E-state index is 12.0. The lowest BCUT2D eigenvalue weighted by molar-refractivity contribution is -0.384. The standard InChI is InChI=1S/C18H17ClN2O6/c1-2-26-16-6-4-3-5-13(16)11-27-17(22)10-20-18(23)12-7-8-14(19)15(9-12)21(24)25/h3-9H,2,10-11H2,1H3,(H,20,23). The van der Waals surface area contributed by atoms with Crippen LogP contribution in [-0.4, -0.2) is 30.0 Å². The Morgan fingerprint density at radius 1 is 1.22 bits per heavy atom. The van der Waals surface area contributed by atoms with E-state index < -0.39 is 16.8 Å². The van der Waals surface area contributed by atoms with Gasteiger partial charge < -0.3 is 14.8 Å². The second-order valence-corrected chi connectivity index (χ2v) is 5.71. The van der Waals surface area contributed by atoms with Crippen LogP contribution in [0.2, 0.25) is 5.02 Å². The SMILES string of the molecule is CCOc1ccccc1COC(=O)CNC(=O)c1ccc(Cl)c([N+](=O)[O-])c1. The van der Waals surface area contributed by atoms with Crippen LogP contribution in [0, 0.1) is 10.1 Å².